The predicted molar refractivity (Wildman–Crippen MR) is 59.7 cm³/mol. The summed E-state index contributed by atoms with van der Waals surface area (Å²) in [6.07, 6.45) is 2.60. The van der Waals surface area contributed by atoms with Gasteiger partial charge in [-0.3, -0.25) is 0 Å². The lowest BCUT2D eigenvalue weighted by molar-refractivity contribution is 0.0264. The van der Waals surface area contributed by atoms with Gasteiger partial charge in [-0.25, -0.2) is 0 Å². The molecular formula is C10H18BO2P. The van der Waals surface area contributed by atoms with Gasteiger partial charge in [0.05, 0.1) is 18.3 Å². The number of rotatable bonds is 2. The Bertz CT molecular complexity index is 218. The molecule has 1 spiro atoms. The molecule has 2 nitrogen and oxygen atoms in total. The first-order valence-corrected chi connectivity index (χ1v) is 7.12. The molecule has 1 heterocycles. The van der Waals surface area contributed by atoms with Crippen LogP contribution < -0.4 is 0 Å². The molecule has 0 N–H and O–H groups in total. The van der Waals surface area contributed by atoms with Crippen molar-refractivity contribution in [1.29, 1.82) is 0 Å². The van der Waals surface area contributed by atoms with E-state index in [2.05, 4.69) is 13.8 Å². The summed E-state index contributed by atoms with van der Waals surface area (Å²) in [7, 11) is 5.01. The van der Waals surface area contributed by atoms with Gasteiger partial charge in [-0.05, 0) is 39.4 Å². The largest absolute Gasteiger partial charge is 0.369 e. The van der Waals surface area contributed by atoms with Gasteiger partial charge in [0.1, 0.15) is 7.57 Å². The molecule has 2 fully saturated rings. The lowest BCUT2D eigenvalue weighted by Gasteiger charge is -2.39. The van der Waals surface area contributed by atoms with Crippen LogP contribution in [0.15, 0.2) is 0 Å². The molecule has 0 amide bonds. The van der Waals surface area contributed by atoms with Gasteiger partial charge in [-0.1, -0.05) is 13.8 Å². The van der Waals surface area contributed by atoms with Gasteiger partial charge in [0.15, 0.2) is 0 Å². The number of hydrogen-bond acceptors (Lipinski definition) is 2. The molecule has 0 aromatic carbocycles. The molecule has 2 radical (unpaired) electrons. The number of hydrogen-bond donors (Lipinski definition) is 0. The smallest absolute Gasteiger partial charge is 0.148 e. The Balaban J connectivity index is 1.96. The van der Waals surface area contributed by atoms with Crippen LogP contribution in [0.4, 0.5) is 0 Å². The highest BCUT2D eigenvalue weighted by atomic mass is 31.1. The fourth-order valence-corrected chi connectivity index (χ4v) is 3.26. The minimum atomic E-state index is -0.720. The van der Waals surface area contributed by atoms with Crippen molar-refractivity contribution in [1.82, 2.24) is 0 Å². The second-order valence-electron chi connectivity index (χ2n) is 4.73. The van der Waals surface area contributed by atoms with Crippen LogP contribution in [0.25, 0.3) is 0 Å². The maximum absolute atomic E-state index is 5.78. The Kier molecular flexibility index (Phi) is 2.94. The van der Waals surface area contributed by atoms with E-state index >= 15 is 0 Å². The Morgan fingerprint density at radius 2 is 2.14 bits per heavy atom. The van der Waals surface area contributed by atoms with E-state index in [-0.39, 0.29) is 5.60 Å². The van der Waals surface area contributed by atoms with E-state index in [9.17, 15) is 0 Å². The van der Waals surface area contributed by atoms with Crippen LogP contribution in [-0.2, 0) is 9.26 Å². The van der Waals surface area contributed by atoms with Crippen molar-refractivity contribution < 1.29 is 9.26 Å². The highest BCUT2D eigenvalue weighted by Gasteiger charge is 2.55. The third-order valence-electron chi connectivity index (χ3n) is 3.87. The van der Waals surface area contributed by atoms with E-state index in [0.717, 1.165) is 19.4 Å². The van der Waals surface area contributed by atoms with Crippen molar-refractivity contribution in [2.24, 2.45) is 11.8 Å². The molecule has 1 saturated carbocycles. The SMILES string of the molecule is [B]P(C)O[C@@H]1CC[C@]2(CO2)[C@@H](C)[C@@H]1C. The summed E-state index contributed by atoms with van der Waals surface area (Å²) < 4.78 is 11.4. The Labute approximate surface area is 88.9 Å². The fraction of sp³-hybridized carbons (Fsp3) is 1.00. The lowest BCUT2D eigenvalue weighted by Crippen LogP contribution is -2.40. The molecule has 0 bridgehead atoms. The van der Waals surface area contributed by atoms with Crippen LogP contribution in [0.5, 0.6) is 0 Å². The zero-order valence-electron chi connectivity index (χ0n) is 9.19. The van der Waals surface area contributed by atoms with Crippen LogP contribution in [0.2, 0.25) is 0 Å². The van der Waals surface area contributed by atoms with Crippen molar-refractivity contribution >= 4 is 15.6 Å². The van der Waals surface area contributed by atoms with Gasteiger partial charge in [0.25, 0.3) is 0 Å². The van der Waals surface area contributed by atoms with Crippen molar-refractivity contribution in [3.63, 3.8) is 0 Å². The summed E-state index contributed by atoms with van der Waals surface area (Å²) in [4.78, 5) is 0. The highest BCUT2D eigenvalue weighted by Crippen LogP contribution is 2.50. The standard InChI is InChI=1S/C10H18BO2P/c1-7-8(2)10(6-12-10)5-4-9(7)13-14(3)11/h7-9H,4-6H2,1-3H3/t7-,8-,9+,10-,14?/m0/s1. The molecule has 5 atom stereocenters. The minimum absolute atomic E-state index is 0.213. The third-order valence-corrected chi connectivity index (χ3v) is 4.48. The molecular weight excluding hydrogens is 194 g/mol. The summed E-state index contributed by atoms with van der Waals surface area (Å²) in [5.41, 5.74) is 0.213. The lowest BCUT2D eigenvalue weighted by atomic mass is 9.72. The first-order valence-electron chi connectivity index (χ1n) is 5.34. The molecule has 0 aromatic rings. The van der Waals surface area contributed by atoms with Crippen molar-refractivity contribution in [3.05, 3.63) is 0 Å². The van der Waals surface area contributed by atoms with E-state index < -0.39 is 8.03 Å². The first-order chi connectivity index (χ1) is 6.55. The molecule has 0 aromatic heterocycles. The topological polar surface area (TPSA) is 21.8 Å². The Hall–Kier alpha value is 0.415. The average Bonchev–Trinajstić information content (AvgIpc) is 2.88. The second-order valence-corrected chi connectivity index (χ2v) is 6.03. The molecule has 78 valence electrons. The second kappa shape index (κ2) is 3.77. The maximum Gasteiger partial charge on any atom is 0.148 e. The van der Waals surface area contributed by atoms with Crippen LogP contribution in [-0.4, -0.2) is 32.5 Å². The summed E-state index contributed by atoms with van der Waals surface area (Å²) in [5, 5.41) is 0. The van der Waals surface area contributed by atoms with E-state index in [4.69, 9.17) is 16.8 Å². The van der Waals surface area contributed by atoms with Gasteiger partial charge in [0, 0.05) is 0 Å². The zero-order valence-corrected chi connectivity index (χ0v) is 10.1. The fourth-order valence-electron chi connectivity index (χ4n) is 2.54. The third kappa shape index (κ3) is 1.87. The van der Waals surface area contributed by atoms with Gasteiger partial charge in [0.2, 0.25) is 0 Å². The predicted octanol–water partition coefficient (Wildman–Crippen LogP) is 2.32. The highest BCUT2D eigenvalue weighted by molar-refractivity contribution is 7.77. The summed E-state index contributed by atoms with van der Waals surface area (Å²) in [6, 6.07) is 0. The van der Waals surface area contributed by atoms with Crippen LogP contribution in [0, 0.1) is 11.8 Å². The molecule has 2 rings (SSSR count). The van der Waals surface area contributed by atoms with Gasteiger partial charge in [-0.15, -0.1) is 0 Å². The van der Waals surface area contributed by atoms with Crippen molar-refractivity contribution in [3.8, 4) is 0 Å². The average molecular weight is 212 g/mol. The van der Waals surface area contributed by atoms with E-state index in [1.54, 1.807) is 0 Å². The van der Waals surface area contributed by atoms with E-state index in [1.165, 1.54) is 0 Å². The van der Waals surface area contributed by atoms with Crippen molar-refractivity contribution in [2.45, 2.75) is 38.4 Å². The molecule has 14 heavy (non-hydrogen) atoms. The molecule has 4 heteroatoms. The summed E-state index contributed by atoms with van der Waals surface area (Å²) in [5.74, 6) is 1.18. The van der Waals surface area contributed by atoms with Gasteiger partial charge in [-0.2, -0.15) is 0 Å². The molecule has 1 unspecified atom stereocenters. The minimum Gasteiger partial charge on any atom is -0.369 e. The monoisotopic (exact) mass is 212 g/mol. The van der Waals surface area contributed by atoms with Crippen LogP contribution >= 0.6 is 8.03 Å². The zero-order chi connectivity index (χ0) is 10.3. The van der Waals surface area contributed by atoms with Crippen LogP contribution in [0.3, 0.4) is 0 Å². The van der Waals surface area contributed by atoms with Gasteiger partial charge >= 0.3 is 0 Å². The van der Waals surface area contributed by atoms with E-state index in [0.29, 0.717) is 17.9 Å². The molecule has 1 aliphatic heterocycles. The molecule has 2 aliphatic rings. The van der Waals surface area contributed by atoms with Crippen molar-refractivity contribution in [2.75, 3.05) is 13.3 Å². The Morgan fingerprint density at radius 3 is 2.64 bits per heavy atom. The number of epoxide rings is 1. The summed E-state index contributed by atoms with van der Waals surface area (Å²) >= 11 is 0. The Morgan fingerprint density at radius 1 is 1.50 bits per heavy atom. The summed E-state index contributed by atoms with van der Waals surface area (Å²) in [6.45, 7) is 7.46. The van der Waals surface area contributed by atoms with Crippen LogP contribution in [0.1, 0.15) is 26.7 Å². The number of ether oxygens (including phenoxy) is 1. The first kappa shape index (κ1) is 10.9. The molecule has 1 aliphatic carbocycles. The maximum atomic E-state index is 5.78. The molecule has 1 saturated heterocycles. The quantitative estimate of drug-likeness (QED) is 0.398. The van der Waals surface area contributed by atoms with E-state index in [1.807, 2.05) is 6.66 Å². The van der Waals surface area contributed by atoms with Gasteiger partial charge < -0.3 is 9.26 Å². The normalized spacial score (nSPS) is 49.2.